The van der Waals surface area contributed by atoms with Crippen molar-refractivity contribution in [2.75, 3.05) is 0 Å². The number of rotatable bonds is 1. The van der Waals surface area contributed by atoms with E-state index in [2.05, 4.69) is 36.5 Å². The molecule has 0 heteroatoms. The summed E-state index contributed by atoms with van der Waals surface area (Å²) in [6.07, 6.45) is 36.1. The highest BCUT2D eigenvalue weighted by Gasteiger charge is 2.06. The molecule has 0 spiro atoms. The molecule has 0 aromatic heterocycles. The van der Waals surface area contributed by atoms with E-state index in [1.165, 1.54) is 103 Å². The van der Waals surface area contributed by atoms with Crippen LogP contribution in [0.15, 0.2) is 47.6 Å². The maximum atomic E-state index is 2.42. The van der Waals surface area contributed by atoms with Crippen LogP contribution in [0.4, 0.5) is 0 Å². The Bertz CT molecular complexity index is 391. The zero-order valence-electron chi connectivity index (χ0n) is 15.8. The van der Waals surface area contributed by atoms with Crippen LogP contribution in [-0.2, 0) is 0 Å². The van der Waals surface area contributed by atoms with Crippen molar-refractivity contribution in [3.8, 4) is 0 Å². The van der Waals surface area contributed by atoms with Gasteiger partial charge in [0.05, 0.1) is 0 Å². The van der Waals surface area contributed by atoms with Gasteiger partial charge in [-0.1, -0.05) is 87.8 Å². The first-order valence-electron chi connectivity index (χ1n) is 10.7. The summed E-state index contributed by atoms with van der Waals surface area (Å²) in [6, 6.07) is 0. The molecule has 0 unspecified atom stereocenters. The van der Waals surface area contributed by atoms with Gasteiger partial charge in [0, 0.05) is 0 Å². The summed E-state index contributed by atoms with van der Waals surface area (Å²) in [5, 5.41) is 0. The van der Waals surface area contributed by atoms with Gasteiger partial charge in [0.1, 0.15) is 0 Å². The van der Waals surface area contributed by atoms with Gasteiger partial charge in [0.25, 0.3) is 0 Å². The first-order chi connectivity index (χ1) is 12.0. The van der Waals surface area contributed by atoms with Gasteiger partial charge in [-0.05, 0) is 62.5 Å². The Morgan fingerprint density at radius 2 is 0.792 bits per heavy atom. The molecule has 24 heavy (non-hydrogen) atoms. The minimum absolute atomic E-state index is 1.25. The second kappa shape index (κ2) is 13.3. The van der Waals surface area contributed by atoms with Crippen molar-refractivity contribution in [2.24, 2.45) is 0 Å². The maximum Gasteiger partial charge on any atom is -0.0276 e. The van der Waals surface area contributed by atoms with E-state index in [1.54, 1.807) is 11.1 Å². The lowest BCUT2D eigenvalue weighted by molar-refractivity contribution is 0.587. The van der Waals surface area contributed by atoms with E-state index in [1.807, 2.05) is 0 Å². The average molecular weight is 327 g/mol. The van der Waals surface area contributed by atoms with Crippen molar-refractivity contribution in [3.05, 3.63) is 47.6 Å². The third-order valence-corrected chi connectivity index (χ3v) is 5.41. The van der Waals surface area contributed by atoms with Gasteiger partial charge in [-0.15, -0.1) is 0 Å². The van der Waals surface area contributed by atoms with Crippen LogP contribution in [-0.4, -0.2) is 0 Å². The monoisotopic (exact) mass is 326 g/mol. The molecule has 2 aliphatic rings. The first-order valence-corrected chi connectivity index (χ1v) is 10.7. The van der Waals surface area contributed by atoms with E-state index < -0.39 is 0 Å². The van der Waals surface area contributed by atoms with Gasteiger partial charge in [-0.25, -0.2) is 0 Å². The number of hydrogen-bond donors (Lipinski definition) is 0. The van der Waals surface area contributed by atoms with Crippen LogP contribution in [0.3, 0.4) is 0 Å². The topological polar surface area (TPSA) is 0 Å². The molecule has 0 bridgehead atoms. The third kappa shape index (κ3) is 8.71. The summed E-state index contributed by atoms with van der Waals surface area (Å²) in [5.74, 6) is 0. The highest BCUT2D eigenvalue weighted by Crippen LogP contribution is 2.25. The van der Waals surface area contributed by atoms with Gasteiger partial charge in [-0.2, -0.15) is 0 Å². The fraction of sp³-hybridized carbons (Fsp3) is 0.667. The highest BCUT2D eigenvalue weighted by molar-refractivity contribution is 5.36. The van der Waals surface area contributed by atoms with E-state index in [0.717, 1.165) is 0 Å². The Morgan fingerprint density at radius 3 is 1.25 bits per heavy atom. The highest BCUT2D eigenvalue weighted by atomic mass is 14.1. The van der Waals surface area contributed by atoms with Crippen LogP contribution in [0.25, 0.3) is 0 Å². The van der Waals surface area contributed by atoms with Gasteiger partial charge < -0.3 is 0 Å². The molecule has 0 fully saturated rings. The molecule has 0 heterocycles. The molecule has 0 radical (unpaired) electrons. The van der Waals surface area contributed by atoms with Crippen LogP contribution in [0.2, 0.25) is 0 Å². The smallest absolute Gasteiger partial charge is 0.0276 e. The number of allylic oxidation sites excluding steroid dienone is 8. The van der Waals surface area contributed by atoms with Crippen molar-refractivity contribution in [3.63, 3.8) is 0 Å². The Labute approximate surface area is 150 Å². The van der Waals surface area contributed by atoms with E-state index in [4.69, 9.17) is 0 Å². The fourth-order valence-corrected chi connectivity index (χ4v) is 3.83. The van der Waals surface area contributed by atoms with Crippen LogP contribution in [0.5, 0.6) is 0 Å². The molecule has 0 atom stereocenters. The van der Waals surface area contributed by atoms with Crippen LogP contribution in [0, 0.1) is 0 Å². The fourth-order valence-electron chi connectivity index (χ4n) is 3.83. The molecule has 0 aromatic carbocycles. The van der Waals surface area contributed by atoms with Gasteiger partial charge in [0.2, 0.25) is 0 Å². The zero-order valence-corrected chi connectivity index (χ0v) is 15.8. The predicted octanol–water partition coefficient (Wildman–Crippen LogP) is 8.22. The Kier molecular flexibility index (Phi) is 10.7. The maximum absolute atomic E-state index is 2.42. The lowest BCUT2D eigenvalue weighted by Crippen LogP contribution is -1.94. The summed E-state index contributed by atoms with van der Waals surface area (Å²) < 4.78 is 0. The molecular weight excluding hydrogens is 288 g/mol. The lowest BCUT2D eigenvalue weighted by Gasteiger charge is -2.13. The first kappa shape index (κ1) is 19.3. The SMILES string of the molecule is C1=C/CCCCCCCCC(/C2=C/C=C\CCCCCCCC2)=C\1. The molecular formula is C24H38. The van der Waals surface area contributed by atoms with Crippen molar-refractivity contribution in [2.45, 2.75) is 103 Å². The Morgan fingerprint density at radius 1 is 0.417 bits per heavy atom. The molecule has 0 aromatic rings. The van der Waals surface area contributed by atoms with Crippen LogP contribution in [0.1, 0.15) is 103 Å². The van der Waals surface area contributed by atoms with Gasteiger partial charge in [-0.3, -0.25) is 0 Å². The van der Waals surface area contributed by atoms with Crippen molar-refractivity contribution in [1.82, 2.24) is 0 Å². The van der Waals surface area contributed by atoms with Gasteiger partial charge >= 0.3 is 0 Å². The average Bonchev–Trinajstić information content (AvgIpc) is 2.56. The van der Waals surface area contributed by atoms with Crippen LogP contribution < -0.4 is 0 Å². The predicted molar refractivity (Wildman–Crippen MR) is 108 cm³/mol. The standard InChI is InChI=1S/C24H38/c1-3-7-11-15-19-23(20-16-12-8-4-1)24-21-17-13-9-5-2-6-10-14-18-22-24/h11,13,15,17,19,21H,1-10,12,14,16,18,20,22H2/b15-11-,17-13-,23-19+,24-21+. The molecule has 134 valence electrons. The van der Waals surface area contributed by atoms with Crippen molar-refractivity contribution < 1.29 is 0 Å². The van der Waals surface area contributed by atoms with E-state index in [0.29, 0.717) is 0 Å². The molecule has 0 saturated heterocycles. The van der Waals surface area contributed by atoms with E-state index >= 15 is 0 Å². The summed E-state index contributed by atoms with van der Waals surface area (Å²) in [5.41, 5.74) is 3.21. The van der Waals surface area contributed by atoms with Gasteiger partial charge in [0.15, 0.2) is 0 Å². The molecule has 0 N–H and O–H groups in total. The molecule has 0 nitrogen and oxygen atoms in total. The second-order valence-corrected chi connectivity index (χ2v) is 7.56. The quantitative estimate of drug-likeness (QED) is 0.455. The molecule has 2 rings (SSSR count). The molecule has 0 saturated carbocycles. The second-order valence-electron chi connectivity index (χ2n) is 7.56. The van der Waals surface area contributed by atoms with Crippen molar-refractivity contribution in [1.29, 1.82) is 0 Å². The van der Waals surface area contributed by atoms with Crippen LogP contribution >= 0.6 is 0 Å². The number of hydrogen-bond acceptors (Lipinski definition) is 0. The summed E-state index contributed by atoms with van der Waals surface area (Å²) in [6.45, 7) is 0. The minimum atomic E-state index is 1.25. The Hall–Kier alpha value is -1.04. The lowest BCUT2D eigenvalue weighted by atomic mass is 9.92. The summed E-state index contributed by atoms with van der Waals surface area (Å²) in [4.78, 5) is 0. The largest absolute Gasteiger partial charge is 0.0845 e. The molecule has 0 aliphatic heterocycles. The normalized spacial score (nSPS) is 30.0. The zero-order chi connectivity index (χ0) is 16.7. The summed E-state index contributed by atoms with van der Waals surface area (Å²) in [7, 11) is 0. The summed E-state index contributed by atoms with van der Waals surface area (Å²) >= 11 is 0. The van der Waals surface area contributed by atoms with Crippen molar-refractivity contribution >= 4 is 0 Å². The molecule has 0 amide bonds. The minimum Gasteiger partial charge on any atom is -0.0845 e. The third-order valence-electron chi connectivity index (χ3n) is 5.41. The molecule has 2 aliphatic carbocycles. The van der Waals surface area contributed by atoms with E-state index in [9.17, 15) is 0 Å². The Balaban J connectivity index is 2.06. The van der Waals surface area contributed by atoms with E-state index in [-0.39, 0.29) is 0 Å².